The monoisotopic (exact) mass is 271 g/mol. The molecule has 3 N–H and O–H groups in total. The maximum atomic E-state index is 11.6. The molecule has 0 spiro atoms. The summed E-state index contributed by atoms with van der Waals surface area (Å²) in [6, 6.07) is -1.63. The molecule has 1 saturated heterocycles. The number of carbonyl (C=O) groups excluding carboxylic acids is 3. The van der Waals surface area contributed by atoms with Crippen molar-refractivity contribution in [2.24, 2.45) is 0 Å². The van der Waals surface area contributed by atoms with Gasteiger partial charge in [0.05, 0.1) is 6.54 Å². The minimum atomic E-state index is -1.13. The number of rotatable bonds is 7. The zero-order valence-corrected chi connectivity index (χ0v) is 10.6. The van der Waals surface area contributed by atoms with Gasteiger partial charge in [0.25, 0.3) is 5.91 Å². The van der Waals surface area contributed by atoms with E-state index in [4.69, 9.17) is 5.11 Å². The van der Waals surface area contributed by atoms with E-state index < -0.39 is 36.4 Å². The van der Waals surface area contributed by atoms with Crippen molar-refractivity contribution >= 4 is 23.8 Å². The van der Waals surface area contributed by atoms with E-state index in [2.05, 4.69) is 10.6 Å². The minimum absolute atomic E-state index is 0.135. The van der Waals surface area contributed by atoms with E-state index in [0.29, 0.717) is 12.8 Å². The molecule has 106 valence electrons. The average molecular weight is 271 g/mol. The third-order valence-electron chi connectivity index (χ3n) is 2.72. The van der Waals surface area contributed by atoms with Gasteiger partial charge in [-0.3, -0.25) is 14.5 Å². The Bertz CT molecular complexity index is 380. The summed E-state index contributed by atoms with van der Waals surface area (Å²) in [6.45, 7) is 1.32. The molecule has 0 bridgehead atoms. The summed E-state index contributed by atoms with van der Waals surface area (Å²) in [6.07, 6.45) is 1.80. The van der Waals surface area contributed by atoms with Crippen LogP contribution in [0.1, 0.15) is 26.2 Å². The van der Waals surface area contributed by atoms with Gasteiger partial charge in [-0.25, -0.2) is 9.59 Å². The highest BCUT2D eigenvalue weighted by Crippen LogP contribution is 2.02. The maximum Gasteiger partial charge on any atom is 0.326 e. The molecule has 1 fully saturated rings. The zero-order chi connectivity index (χ0) is 14.4. The second-order valence-corrected chi connectivity index (χ2v) is 4.24. The molecule has 1 atom stereocenters. The Hall–Kier alpha value is -2.12. The predicted octanol–water partition coefficient (Wildman–Crippen LogP) is -0.702. The van der Waals surface area contributed by atoms with Crippen LogP contribution in [0, 0.1) is 0 Å². The molecular formula is C11H17N3O5. The lowest BCUT2D eigenvalue weighted by Gasteiger charge is -2.16. The van der Waals surface area contributed by atoms with Gasteiger partial charge >= 0.3 is 12.0 Å². The number of imide groups is 1. The van der Waals surface area contributed by atoms with Crippen molar-refractivity contribution in [3.8, 4) is 0 Å². The molecular weight excluding hydrogens is 254 g/mol. The van der Waals surface area contributed by atoms with Gasteiger partial charge in [-0.2, -0.15) is 0 Å². The lowest BCUT2D eigenvalue weighted by atomic mass is 10.1. The molecule has 1 aliphatic heterocycles. The summed E-state index contributed by atoms with van der Waals surface area (Å²) in [5.74, 6) is -2.28. The van der Waals surface area contributed by atoms with E-state index >= 15 is 0 Å². The standard InChI is InChI=1S/C11H17N3O5/c1-2-3-4-7(10(17)18)13-8(15)6-14-9(16)5-12-11(14)19/h7H,2-6H2,1H3,(H,12,19)(H,13,15)(H,17,18). The van der Waals surface area contributed by atoms with Crippen molar-refractivity contribution in [3.05, 3.63) is 0 Å². The Kier molecular flexibility index (Phi) is 5.28. The van der Waals surface area contributed by atoms with Gasteiger partial charge in [-0.05, 0) is 6.42 Å². The molecule has 0 aromatic rings. The van der Waals surface area contributed by atoms with E-state index in [-0.39, 0.29) is 6.54 Å². The summed E-state index contributed by atoms with van der Waals surface area (Å²) >= 11 is 0. The van der Waals surface area contributed by atoms with Crippen LogP contribution in [0.3, 0.4) is 0 Å². The van der Waals surface area contributed by atoms with Crippen LogP contribution >= 0.6 is 0 Å². The number of amides is 4. The molecule has 0 aromatic heterocycles. The largest absolute Gasteiger partial charge is 0.480 e. The highest BCUT2D eigenvalue weighted by Gasteiger charge is 2.31. The van der Waals surface area contributed by atoms with Gasteiger partial charge in [0.1, 0.15) is 12.6 Å². The van der Waals surface area contributed by atoms with Crippen LogP contribution in [0.25, 0.3) is 0 Å². The first-order valence-corrected chi connectivity index (χ1v) is 6.06. The SMILES string of the molecule is CCCCC(NC(=O)CN1C(=O)CNC1=O)C(=O)O. The molecule has 0 aliphatic carbocycles. The highest BCUT2D eigenvalue weighted by atomic mass is 16.4. The summed E-state index contributed by atoms with van der Waals surface area (Å²) in [4.78, 5) is 45.8. The van der Waals surface area contributed by atoms with Gasteiger partial charge in [0.2, 0.25) is 5.91 Å². The van der Waals surface area contributed by atoms with Crippen molar-refractivity contribution in [2.45, 2.75) is 32.2 Å². The number of urea groups is 1. The molecule has 1 aliphatic rings. The lowest BCUT2D eigenvalue weighted by Crippen LogP contribution is -2.47. The van der Waals surface area contributed by atoms with Crippen molar-refractivity contribution in [3.63, 3.8) is 0 Å². The Balaban J connectivity index is 2.50. The molecule has 8 heteroatoms. The molecule has 1 rings (SSSR count). The van der Waals surface area contributed by atoms with Crippen LogP contribution in [0.4, 0.5) is 4.79 Å². The Morgan fingerprint density at radius 3 is 2.63 bits per heavy atom. The highest BCUT2D eigenvalue weighted by molar-refractivity contribution is 6.04. The first-order chi connectivity index (χ1) is 8.95. The molecule has 1 unspecified atom stereocenters. The quantitative estimate of drug-likeness (QED) is 0.529. The molecule has 0 saturated carbocycles. The Morgan fingerprint density at radius 2 is 2.16 bits per heavy atom. The summed E-state index contributed by atoms with van der Waals surface area (Å²) in [5, 5.41) is 13.5. The summed E-state index contributed by atoms with van der Waals surface area (Å²) in [7, 11) is 0. The Labute approximate surface area is 110 Å². The third-order valence-corrected chi connectivity index (χ3v) is 2.72. The number of carboxylic acids is 1. The van der Waals surface area contributed by atoms with Gasteiger partial charge < -0.3 is 15.7 Å². The molecule has 19 heavy (non-hydrogen) atoms. The summed E-state index contributed by atoms with van der Waals surface area (Å²) in [5.41, 5.74) is 0. The first-order valence-electron chi connectivity index (χ1n) is 6.06. The van der Waals surface area contributed by atoms with Crippen LogP contribution in [0.15, 0.2) is 0 Å². The zero-order valence-electron chi connectivity index (χ0n) is 10.6. The fourth-order valence-corrected chi connectivity index (χ4v) is 1.66. The predicted molar refractivity (Wildman–Crippen MR) is 64.2 cm³/mol. The molecule has 0 radical (unpaired) electrons. The number of carbonyl (C=O) groups is 4. The second-order valence-electron chi connectivity index (χ2n) is 4.24. The van der Waals surface area contributed by atoms with Crippen LogP contribution in [-0.4, -0.2) is 53.0 Å². The number of nitrogens with one attached hydrogen (secondary N) is 2. The van der Waals surface area contributed by atoms with Gasteiger partial charge in [0, 0.05) is 0 Å². The van der Waals surface area contributed by atoms with Gasteiger partial charge in [-0.15, -0.1) is 0 Å². The maximum absolute atomic E-state index is 11.6. The van der Waals surface area contributed by atoms with E-state index in [1.54, 1.807) is 0 Å². The molecule has 4 amide bonds. The summed E-state index contributed by atoms with van der Waals surface area (Å²) < 4.78 is 0. The van der Waals surface area contributed by atoms with E-state index in [0.717, 1.165) is 11.3 Å². The van der Waals surface area contributed by atoms with Gasteiger partial charge in [-0.1, -0.05) is 19.8 Å². The third kappa shape index (κ3) is 4.23. The topological polar surface area (TPSA) is 116 Å². The smallest absolute Gasteiger partial charge is 0.326 e. The number of nitrogens with zero attached hydrogens (tertiary/aromatic N) is 1. The fraction of sp³-hybridized carbons (Fsp3) is 0.636. The number of hydrogen-bond acceptors (Lipinski definition) is 4. The fourth-order valence-electron chi connectivity index (χ4n) is 1.66. The van der Waals surface area contributed by atoms with Crippen molar-refractivity contribution < 1.29 is 24.3 Å². The molecule has 1 heterocycles. The number of unbranched alkanes of at least 4 members (excludes halogenated alkanes) is 1. The van der Waals surface area contributed by atoms with E-state index in [1.165, 1.54) is 0 Å². The van der Waals surface area contributed by atoms with Crippen LogP contribution in [0.5, 0.6) is 0 Å². The van der Waals surface area contributed by atoms with Crippen molar-refractivity contribution in [1.82, 2.24) is 15.5 Å². The second kappa shape index (κ2) is 6.72. The van der Waals surface area contributed by atoms with Crippen LogP contribution < -0.4 is 10.6 Å². The van der Waals surface area contributed by atoms with Crippen molar-refractivity contribution in [2.75, 3.05) is 13.1 Å². The molecule has 0 aromatic carbocycles. The lowest BCUT2D eigenvalue weighted by molar-refractivity contribution is -0.142. The van der Waals surface area contributed by atoms with E-state index in [1.807, 2.05) is 6.92 Å². The van der Waals surface area contributed by atoms with E-state index in [9.17, 15) is 19.2 Å². The van der Waals surface area contributed by atoms with Gasteiger partial charge in [0.15, 0.2) is 0 Å². The molecule has 8 nitrogen and oxygen atoms in total. The van der Waals surface area contributed by atoms with Crippen molar-refractivity contribution in [1.29, 1.82) is 0 Å². The number of carboxylic acid groups (broad SMARTS) is 1. The Morgan fingerprint density at radius 1 is 1.47 bits per heavy atom. The van der Waals surface area contributed by atoms with Crippen LogP contribution in [0.2, 0.25) is 0 Å². The first kappa shape index (κ1) is 14.9. The normalized spacial score (nSPS) is 16.2. The minimum Gasteiger partial charge on any atom is -0.480 e. The average Bonchev–Trinajstić information content (AvgIpc) is 2.66. The van der Waals surface area contributed by atoms with Crippen LogP contribution in [-0.2, 0) is 14.4 Å². The number of aliphatic carboxylic acids is 1. The number of hydrogen-bond donors (Lipinski definition) is 3.